The number of aromatic nitrogens is 1. The molecule has 0 fully saturated rings. The number of anilines is 1. The van der Waals surface area contributed by atoms with Gasteiger partial charge in [-0.15, -0.1) is 0 Å². The summed E-state index contributed by atoms with van der Waals surface area (Å²) in [6, 6.07) is 4.76. The molecule has 0 spiro atoms. The third kappa shape index (κ3) is 3.56. The zero-order valence-corrected chi connectivity index (χ0v) is 12.5. The van der Waals surface area contributed by atoms with Gasteiger partial charge in [0.2, 0.25) is 0 Å². The molecule has 0 amide bonds. The Bertz CT molecular complexity index is 736. The van der Waals surface area contributed by atoms with E-state index in [4.69, 9.17) is 15.6 Å². The lowest BCUT2D eigenvalue weighted by Crippen LogP contribution is -2.07. The van der Waals surface area contributed by atoms with Crippen molar-refractivity contribution in [3.63, 3.8) is 0 Å². The van der Waals surface area contributed by atoms with Crippen LogP contribution in [0.25, 0.3) is 11.3 Å². The number of aromatic carboxylic acids is 1. The Morgan fingerprint density at radius 2 is 2.04 bits per heavy atom. The van der Waals surface area contributed by atoms with Gasteiger partial charge in [-0.2, -0.15) is 0 Å². The van der Waals surface area contributed by atoms with Crippen LogP contribution in [0.15, 0.2) is 24.3 Å². The molecular weight excluding hydrogens is 306 g/mol. The fraction of sp³-hybridized carbons (Fsp3) is 0.250. The number of unbranched alkanes of at least 4 members (excludes halogenated alkanes) is 1. The number of hydrogen-bond donors (Lipinski definition) is 2. The van der Waals surface area contributed by atoms with Crippen molar-refractivity contribution in [1.29, 1.82) is 0 Å². The van der Waals surface area contributed by atoms with Crippen LogP contribution in [0.5, 0.6) is 5.75 Å². The summed E-state index contributed by atoms with van der Waals surface area (Å²) in [4.78, 5) is 14.8. The van der Waals surface area contributed by atoms with Gasteiger partial charge in [-0.1, -0.05) is 13.3 Å². The van der Waals surface area contributed by atoms with Gasteiger partial charge >= 0.3 is 5.97 Å². The molecule has 0 unspecified atom stereocenters. The first-order valence-electron chi connectivity index (χ1n) is 7.06. The molecule has 23 heavy (non-hydrogen) atoms. The van der Waals surface area contributed by atoms with Gasteiger partial charge in [-0.05, 0) is 30.7 Å². The monoisotopic (exact) mass is 322 g/mol. The lowest BCUT2D eigenvalue weighted by Gasteiger charge is -2.11. The third-order valence-electron chi connectivity index (χ3n) is 3.20. The number of carboxylic acids is 1. The number of benzene rings is 1. The van der Waals surface area contributed by atoms with Crippen LogP contribution in [-0.4, -0.2) is 22.7 Å². The molecule has 1 heterocycles. The number of rotatable bonds is 6. The number of hydrogen-bond acceptors (Lipinski definition) is 4. The van der Waals surface area contributed by atoms with E-state index in [9.17, 15) is 13.6 Å². The second kappa shape index (κ2) is 7.04. The molecule has 0 saturated carbocycles. The number of nitrogens with two attached hydrogens (primary N) is 1. The Balaban J connectivity index is 2.48. The van der Waals surface area contributed by atoms with E-state index in [0.29, 0.717) is 6.61 Å². The summed E-state index contributed by atoms with van der Waals surface area (Å²) in [6.07, 6.45) is 1.60. The van der Waals surface area contributed by atoms with E-state index >= 15 is 0 Å². The SMILES string of the molecule is CCCCOc1ccc(F)c(-c2ccc(N)c(C(=O)O)n2)c1F. The van der Waals surface area contributed by atoms with Crippen molar-refractivity contribution in [1.82, 2.24) is 4.98 Å². The normalized spacial score (nSPS) is 10.6. The maximum absolute atomic E-state index is 14.5. The molecule has 0 bridgehead atoms. The van der Waals surface area contributed by atoms with Crippen molar-refractivity contribution in [3.05, 3.63) is 41.6 Å². The Hall–Kier alpha value is -2.70. The van der Waals surface area contributed by atoms with Gasteiger partial charge in [-0.25, -0.2) is 18.6 Å². The van der Waals surface area contributed by atoms with Crippen molar-refractivity contribution in [3.8, 4) is 17.0 Å². The number of halogens is 2. The van der Waals surface area contributed by atoms with Crippen molar-refractivity contribution in [2.75, 3.05) is 12.3 Å². The van der Waals surface area contributed by atoms with Gasteiger partial charge in [-0.3, -0.25) is 0 Å². The molecule has 7 heteroatoms. The van der Waals surface area contributed by atoms with Crippen LogP contribution >= 0.6 is 0 Å². The fourth-order valence-electron chi connectivity index (χ4n) is 1.99. The number of nitrogens with zero attached hydrogens (tertiary/aromatic N) is 1. The minimum absolute atomic E-state index is 0.0857. The summed E-state index contributed by atoms with van der Waals surface area (Å²) < 4.78 is 33.8. The molecule has 0 aliphatic carbocycles. The van der Waals surface area contributed by atoms with Crippen LogP contribution in [0.3, 0.4) is 0 Å². The summed E-state index contributed by atoms with van der Waals surface area (Å²) in [7, 11) is 0. The average Bonchev–Trinajstić information content (AvgIpc) is 2.51. The van der Waals surface area contributed by atoms with Crippen molar-refractivity contribution >= 4 is 11.7 Å². The zero-order valence-electron chi connectivity index (χ0n) is 12.5. The summed E-state index contributed by atoms with van der Waals surface area (Å²) >= 11 is 0. The van der Waals surface area contributed by atoms with Crippen LogP contribution < -0.4 is 10.5 Å². The topological polar surface area (TPSA) is 85.4 Å². The van der Waals surface area contributed by atoms with Crippen molar-refractivity contribution in [2.45, 2.75) is 19.8 Å². The second-order valence-corrected chi connectivity index (χ2v) is 4.88. The van der Waals surface area contributed by atoms with Gasteiger partial charge < -0.3 is 15.6 Å². The molecule has 0 aliphatic heterocycles. The van der Waals surface area contributed by atoms with Crippen LogP contribution in [0.2, 0.25) is 0 Å². The smallest absolute Gasteiger partial charge is 0.356 e. The number of ether oxygens (including phenoxy) is 1. The molecule has 0 radical (unpaired) electrons. The summed E-state index contributed by atoms with van der Waals surface area (Å²) in [5, 5.41) is 9.02. The molecular formula is C16H16F2N2O3. The third-order valence-corrected chi connectivity index (χ3v) is 3.20. The van der Waals surface area contributed by atoms with Gasteiger partial charge in [0.05, 0.1) is 23.6 Å². The lowest BCUT2D eigenvalue weighted by molar-refractivity contribution is 0.0692. The van der Waals surface area contributed by atoms with Gasteiger partial charge in [0.25, 0.3) is 0 Å². The van der Waals surface area contributed by atoms with E-state index in [1.807, 2.05) is 6.92 Å². The first-order valence-corrected chi connectivity index (χ1v) is 7.06. The minimum atomic E-state index is -1.37. The summed E-state index contributed by atoms with van der Waals surface area (Å²) in [5.74, 6) is -3.26. The molecule has 5 nitrogen and oxygen atoms in total. The number of carboxylic acid groups (broad SMARTS) is 1. The quantitative estimate of drug-likeness (QED) is 0.795. The Labute approximate surface area is 131 Å². The molecule has 1 aromatic carbocycles. The van der Waals surface area contributed by atoms with Crippen LogP contribution in [0.4, 0.5) is 14.5 Å². The summed E-state index contributed by atoms with van der Waals surface area (Å²) in [6.45, 7) is 2.26. The van der Waals surface area contributed by atoms with E-state index in [-0.39, 0.29) is 17.1 Å². The number of carbonyl (C=O) groups is 1. The highest BCUT2D eigenvalue weighted by Gasteiger charge is 2.20. The van der Waals surface area contributed by atoms with E-state index in [2.05, 4.69) is 4.98 Å². The Morgan fingerprint density at radius 1 is 1.30 bits per heavy atom. The molecule has 2 rings (SSSR count). The van der Waals surface area contributed by atoms with Crippen molar-refractivity contribution in [2.24, 2.45) is 0 Å². The first-order chi connectivity index (χ1) is 11.0. The Morgan fingerprint density at radius 3 is 2.70 bits per heavy atom. The highest BCUT2D eigenvalue weighted by atomic mass is 19.1. The van der Waals surface area contributed by atoms with Crippen LogP contribution in [-0.2, 0) is 0 Å². The molecule has 0 saturated heterocycles. The molecule has 0 aliphatic rings. The maximum Gasteiger partial charge on any atom is 0.356 e. The minimum Gasteiger partial charge on any atom is -0.490 e. The maximum atomic E-state index is 14.5. The Kier molecular flexibility index (Phi) is 5.10. The van der Waals surface area contributed by atoms with Crippen LogP contribution in [0.1, 0.15) is 30.3 Å². The molecule has 122 valence electrons. The fourth-order valence-corrected chi connectivity index (χ4v) is 1.99. The van der Waals surface area contributed by atoms with E-state index in [1.165, 1.54) is 18.2 Å². The highest BCUT2D eigenvalue weighted by Crippen LogP contribution is 2.31. The summed E-state index contributed by atoms with van der Waals surface area (Å²) in [5.41, 5.74) is 4.35. The molecule has 3 N–H and O–H groups in total. The molecule has 2 aromatic rings. The molecule has 0 atom stereocenters. The van der Waals surface area contributed by atoms with Gasteiger partial charge in [0, 0.05) is 0 Å². The largest absolute Gasteiger partial charge is 0.490 e. The highest BCUT2D eigenvalue weighted by molar-refractivity contribution is 5.92. The standard InChI is InChI=1S/C16H16F2N2O3/c1-2-3-8-23-12-7-4-9(17)13(14(12)18)11-6-5-10(19)15(20-11)16(21)22/h4-7H,2-3,8,19H2,1H3,(H,21,22). The predicted molar refractivity (Wildman–Crippen MR) is 81.4 cm³/mol. The zero-order chi connectivity index (χ0) is 17.0. The second-order valence-electron chi connectivity index (χ2n) is 4.88. The first kappa shape index (κ1) is 16.7. The van der Waals surface area contributed by atoms with Gasteiger partial charge in [0.1, 0.15) is 5.82 Å². The number of nitrogen functional groups attached to an aromatic ring is 1. The van der Waals surface area contributed by atoms with Crippen LogP contribution in [0, 0.1) is 11.6 Å². The number of pyridine rings is 1. The average molecular weight is 322 g/mol. The van der Waals surface area contributed by atoms with E-state index in [0.717, 1.165) is 18.9 Å². The van der Waals surface area contributed by atoms with E-state index in [1.54, 1.807) is 0 Å². The molecule has 1 aromatic heterocycles. The predicted octanol–water partition coefficient (Wildman–Crippen LogP) is 3.49. The van der Waals surface area contributed by atoms with Crippen molar-refractivity contribution < 1.29 is 23.4 Å². The van der Waals surface area contributed by atoms with E-state index < -0.39 is 28.9 Å². The van der Waals surface area contributed by atoms with Gasteiger partial charge in [0.15, 0.2) is 17.3 Å². The lowest BCUT2D eigenvalue weighted by atomic mass is 10.1.